The van der Waals surface area contributed by atoms with Crippen LogP contribution in [0.1, 0.15) is 44.2 Å². The van der Waals surface area contributed by atoms with E-state index in [4.69, 9.17) is 23.2 Å². The van der Waals surface area contributed by atoms with Crippen LogP contribution in [0.25, 0.3) is 0 Å². The first-order chi connectivity index (χ1) is 9.56. The molecule has 2 rings (SSSR count). The Morgan fingerprint density at radius 1 is 1.35 bits per heavy atom. The number of halogens is 2. The van der Waals surface area contributed by atoms with Crippen LogP contribution in [0, 0.1) is 0 Å². The molecule has 0 bridgehead atoms. The Labute approximate surface area is 130 Å². The van der Waals surface area contributed by atoms with Gasteiger partial charge in [-0.1, -0.05) is 42.1 Å². The number of carbonyl (C=O) groups is 1. The molecule has 1 fully saturated rings. The fourth-order valence-corrected chi connectivity index (χ4v) is 3.13. The summed E-state index contributed by atoms with van der Waals surface area (Å²) in [6.07, 6.45) is 4.64. The molecule has 1 aliphatic rings. The highest BCUT2D eigenvalue weighted by atomic mass is 35.5. The summed E-state index contributed by atoms with van der Waals surface area (Å²) in [6.45, 7) is 2.29. The van der Waals surface area contributed by atoms with Gasteiger partial charge in [0.15, 0.2) is 0 Å². The monoisotopic (exact) mass is 314 g/mol. The number of rotatable bonds is 5. The van der Waals surface area contributed by atoms with Crippen molar-refractivity contribution < 1.29 is 4.79 Å². The van der Waals surface area contributed by atoms with Gasteiger partial charge in [0.25, 0.3) is 0 Å². The van der Waals surface area contributed by atoms with Gasteiger partial charge < -0.3 is 10.6 Å². The van der Waals surface area contributed by atoms with Crippen LogP contribution in [0.4, 0.5) is 0 Å². The summed E-state index contributed by atoms with van der Waals surface area (Å²) in [7, 11) is 0. The molecule has 0 aliphatic heterocycles. The second-order valence-electron chi connectivity index (χ2n) is 5.32. The Bertz CT molecular complexity index is 473. The predicted octanol–water partition coefficient (Wildman–Crippen LogP) is 3.70. The van der Waals surface area contributed by atoms with Crippen molar-refractivity contribution in [2.75, 3.05) is 6.54 Å². The largest absolute Gasteiger partial charge is 0.352 e. The van der Waals surface area contributed by atoms with E-state index in [0.29, 0.717) is 22.6 Å². The first-order valence-electron chi connectivity index (χ1n) is 7.04. The number of hydrogen-bond donors (Lipinski definition) is 2. The molecule has 1 aromatic rings. The lowest BCUT2D eigenvalue weighted by atomic mass is 10.1. The summed E-state index contributed by atoms with van der Waals surface area (Å²) in [5, 5.41) is 7.48. The molecule has 1 aromatic carbocycles. The summed E-state index contributed by atoms with van der Waals surface area (Å²) >= 11 is 12.0. The molecule has 1 atom stereocenters. The molecule has 5 heteroatoms. The maximum atomic E-state index is 11.8. The summed E-state index contributed by atoms with van der Waals surface area (Å²) in [6, 6.07) is 5.78. The lowest BCUT2D eigenvalue weighted by Crippen LogP contribution is -2.39. The number of benzene rings is 1. The fraction of sp³-hybridized carbons (Fsp3) is 0.533. The van der Waals surface area contributed by atoms with Gasteiger partial charge >= 0.3 is 0 Å². The van der Waals surface area contributed by atoms with Crippen molar-refractivity contribution >= 4 is 29.1 Å². The third-order valence-electron chi connectivity index (χ3n) is 3.72. The number of nitrogens with one attached hydrogen (secondary N) is 2. The van der Waals surface area contributed by atoms with E-state index in [2.05, 4.69) is 10.6 Å². The minimum absolute atomic E-state index is 0.00842. The number of amides is 1. The smallest absolute Gasteiger partial charge is 0.234 e. The van der Waals surface area contributed by atoms with E-state index in [1.165, 1.54) is 12.8 Å². The van der Waals surface area contributed by atoms with E-state index in [-0.39, 0.29) is 11.9 Å². The molecule has 2 N–H and O–H groups in total. The quantitative estimate of drug-likeness (QED) is 0.870. The standard InChI is InChI=1S/C15H20Cl2N2O/c1-10(13-7-6-11(16)8-14(13)17)18-9-15(20)19-12-4-2-3-5-12/h6-8,10,12,18H,2-5,9H2,1H3,(H,19,20). The van der Waals surface area contributed by atoms with E-state index < -0.39 is 0 Å². The molecule has 110 valence electrons. The third kappa shape index (κ3) is 4.37. The van der Waals surface area contributed by atoms with E-state index in [1.54, 1.807) is 12.1 Å². The van der Waals surface area contributed by atoms with Crippen molar-refractivity contribution in [2.45, 2.75) is 44.7 Å². The maximum absolute atomic E-state index is 11.8. The van der Waals surface area contributed by atoms with Gasteiger partial charge in [-0.3, -0.25) is 4.79 Å². The molecule has 1 amide bonds. The van der Waals surface area contributed by atoms with E-state index in [9.17, 15) is 4.79 Å². The lowest BCUT2D eigenvalue weighted by Gasteiger charge is -2.17. The molecule has 20 heavy (non-hydrogen) atoms. The van der Waals surface area contributed by atoms with Gasteiger partial charge in [0.1, 0.15) is 0 Å². The van der Waals surface area contributed by atoms with Crippen molar-refractivity contribution in [3.63, 3.8) is 0 Å². The summed E-state index contributed by atoms with van der Waals surface area (Å²) < 4.78 is 0. The van der Waals surface area contributed by atoms with Gasteiger partial charge in [0, 0.05) is 22.1 Å². The van der Waals surface area contributed by atoms with Gasteiger partial charge in [0.2, 0.25) is 5.91 Å². The van der Waals surface area contributed by atoms with Gasteiger partial charge in [-0.15, -0.1) is 0 Å². The first kappa shape index (κ1) is 15.6. The minimum Gasteiger partial charge on any atom is -0.352 e. The highest BCUT2D eigenvalue weighted by molar-refractivity contribution is 6.35. The number of hydrogen-bond acceptors (Lipinski definition) is 2. The molecular formula is C15H20Cl2N2O. The van der Waals surface area contributed by atoms with Crippen LogP contribution in [0.5, 0.6) is 0 Å². The predicted molar refractivity (Wildman–Crippen MR) is 83.3 cm³/mol. The average Bonchev–Trinajstić information content (AvgIpc) is 2.89. The van der Waals surface area contributed by atoms with E-state index in [0.717, 1.165) is 18.4 Å². The SMILES string of the molecule is CC(NCC(=O)NC1CCCC1)c1ccc(Cl)cc1Cl. The van der Waals surface area contributed by atoms with Crippen molar-refractivity contribution in [1.29, 1.82) is 0 Å². The lowest BCUT2D eigenvalue weighted by molar-refractivity contribution is -0.121. The highest BCUT2D eigenvalue weighted by Crippen LogP contribution is 2.25. The Kier molecular flexibility index (Phi) is 5.70. The van der Waals surface area contributed by atoms with E-state index >= 15 is 0 Å². The topological polar surface area (TPSA) is 41.1 Å². The van der Waals surface area contributed by atoms with E-state index in [1.807, 2.05) is 13.0 Å². The third-order valence-corrected chi connectivity index (χ3v) is 4.28. The average molecular weight is 315 g/mol. The van der Waals surface area contributed by atoms with Crippen molar-refractivity contribution in [2.24, 2.45) is 0 Å². The Morgan fingerprint density at radius 3 is 2.70 bits per heavy atom. The van der Waals surface area contributed by atoms with Crippen molar-refractivity contribution in [1.82, 2.24) is 10.6 Å². The molecule has 0 radical (unpaired) electrons. The van der Waals surface area contributed by atoms with Crippen LogP contribution in [-0.2, 0) is 4.79 Å². The Hall–Kier alpha value is -0.770. The molecule has 3 nitrogen and oxygen atoms in total. The zero-order valence-electron chi connectivity index (χ0n) is 11.6. The highest BCUT2D eigenvalue weighted by Gasteiger charge is 2.17. The molecule has 1 saturated carbocycles. The van der Waals surface area contributed by atoms with Gasteiger partial charge in [-0.25, -0.2) is 0 Å². The van der Waals surface area contributed by atoms with Gasteiger partial charge in [-0.2, -0.15) is 0 Å². The first-order valence-corrected chi connectivity index (χ1v) is 7.79. The summed E-state index contributed by atoms with van der Waals surface area (Å²) in [4.78, 5) is 11.8. The molecule has 0 spiro atoms. The molecule has 1 aliphatic carbocycles. The molecule has 1 unspecified atom stereocenters. The summed E-state index contributed by atoms with van der Waals surface area (Å²) in [5.41, 5.74) is 0.949. The van der Waals surface area contributed by atoms with Crippen LogP contribution in [0.2, 0.25) is 10.0 Å². The van der Waals surface area contributed by atoms with Crippen LogP contribution >= 0.6 is 23.2 Å². The van der Waals surface area contributed by atoms with Crippen LogP contribution in [0.3, 0.4) is 0 Å². The van der Waals surface area contributed by atoms with Crippen molar-refractivity contribution in [3.8, 4) is 0 Å². The molecular weight excluding hydrogens is 295 g/mol. The van der Waals surface area contributed by atoms with Gasteiger partial charge in [-0.05, 0) is 37.5 Å². The molecule has 0 saturated heterocycles. The number of carbonyl (C=O) groups excluding carboxylic acids is 1. The zero-order valence-corrected chi connectivity index (χ0v) is 13.1. The van der Waals surface area contributed by atoms with Crippen LogP contribution < -0.4 is 10.6 Å². The second kappa shape index (κ2) is 7.30. The minimum atomic E-state index is 0.00842. The second-order valence-corrected chi connectivity index (χ2v) is 6.16. The molecule has 0 aromatic heterocycles. The van der Waals surface area contributed by atoms with Gasteiger partial charge in [0.05, 0.1) is 6.54 Å². The van der Waals surface area contributed by atoms with Crippen molar-refractivity contribution in [3.05, 3.63) is 33.8 Å². The van der Waals surface area contributed by atoms with Crippen LogP contribution in [-0.4, -0.2) is 18.5 Å². The maximum Gasteiger partial charge on any atom is 0.234 e. The van der Waals surface area contributed by atoms with Crippen LogP contribution in [0.15, 0.2) is 18.2 Å². The Balaban J connectivity index is 1.81. The fourth-order valence-electron chi connectivity index (χ4n) is 2.56. The molecule has 0 heterocycles. The zero-order chi connectivity index (χ0) is 14.5. The normalized spacial score (nSPS) is 17.1. The Morgan fingerprint density at radius 2 is 2.05 bits per heavy atom. The summed E-state index contributed by atoms with van der Waals surface area (Å²) in [5.74, 6) is 0.0498.